The van der Waals surface area contributed by atoms with E-state index in [1.165, 1.54) is 19.3 Å². The van der Waals surface area contributed by atoms with Crippen molar-refractivity contribution in [3.63, 3.8) is 0 Å². The van der Waals surface area contributed by atoms with Crippen molar-refractivity contribution in [1.82, 2.24) is 5.32 Å². The molecule has 17 heavy (non-hydrogen) atoms. The van der Waals surface area contributed by atoms with Crippen LogP contribution >= 0.6 is 0 Å². The molecule has 1 rings (SSSR count). The zero-order valence-electron chi connectivity index (χ0n) is 11.7. The van der Waals surface area contributed by atoms with Gasteiger partial charge in [-0.2, -0.15) is 0 Å². The molecule has 2 unspecified atom stereocenters. The van der Waals surface area contributed by atoms with Crippen molar-refractivity contribution in [2.75, 3.05) is 19.8 Å². The van der Waals surface area contributed by atoms with Crippen LogP contribution in [0.5, 0.6) is 0 Å². The zero-order chi connectivity index (χ0) is 12.5. The molecule has 102 valence electrons. The predicted molar refractivity (Wildman–Crippen MR) is 71.4 cm³/mol. The molecule has 0 amide bonds. The highest BCUT2D eigenvalue weighted by atomic mass is 16.5. The molecule has 3 nitrogen and oxygen atoms in total. The minimum Gasteiger partial charge on any atom is -0.379 e. The monoisotopic (exact) mass is 243 g/mol. The third-order valence-electron chi connectivity index (χ3n) is 3.28. The molecular weight excluding hydrogens is 214 g/mol. The van der Waals surface area contributed by atoms with Gasteiger partial charge in [0.1, 0.15) is 0 Å². The highest BCUT2D eigenvalue weighted by molar-refractivity contribution is 4.75. The Bertz CT molecular complexity index is 185. The SMILES string of the molecule is CCC1CC(NCCCCOC(C)C)CCO1. The molecule has 1 saturated heterocycles. The minimum atomic E-state index is 0.365. The first-order chi connectivity index (χ1) is 8.22. The third kappa shape index (κ3) is 7.02. The van der Waals surface area contributed by atoms with Crippen LogP contribution < -0.4 is 5.32 Å². The molecule has 1 aliphatic heterocycles. The van der Waals surface area contributed by atoms with E-state index < -0.39 is 0 Å². The first-order valence-electron chi connectivity index (χ1n) is 7.19. The lowest BCUT2D eigenvalue weighted by Crippen LogP contribution is -2.39. The number of hydrogen-bond donors (Lipinski definition) is 1. The third-order valence-corrected chi connectivity index (χ3v) is 3.28. The molecule has 1 fully saturated rings. The Balaban J connectivity index is 1.95. The molecule has 3 heteroatoms. The fraction of sp³-hybridized carbons (Fsp3) is 1.00. The average molecular weight is 243 g/mol. The second kappa shape index (κ2) is 8.90. The fourth-order valence-electron chi connectivity index (χ4n) is 2.20. The highest BCUT2D eigenvalue weighted by Gasteiger charge is 2.20. The summed E-state index contributed by atoms with van der Waals surface area (Å²) in [4.78, 5) is 0. The van der Waals surface area contributed by atoms with Gasteiger partial charge in [-0.15, -0.1) is 0 Å². The van der Waals surface area contributed by atoms with E-state index in [-0.39, 0.29) is 0 Å². The van der Waals surface area contributed by atoms with Gasteiger partial charge in [0.2, 0.25) is 0 Å². The zero-order valence-corrected chi connectivity index (χ0v) is 11.7. The molecule has 0 aromatic rings. The lowest BCUT2D eigenvalue weighted by atomic mass is 10.0. The Labute approximate surface area is 106 Å². The van der Waals surface area contributed by atoms with Crippen molar-refractivity contribution in [3.05, 3.63) is 0 Å². The summed E-state index contributed by atoms with van der Waals surface area (Å²) in [5.74, 6) is 0. The largest absolute Gasteiger partial charge is 0.379 e. The van der Waals surface area contributed by atoms with E-state index in [9.17, 15) is 0 Å². The lowest BCUT2D eigenvalue weighted by Gasteiger charge is -2.29. The van der Waals surface area contributed by atoms with Gasteiger partial charge in [0.25, 0.3) is 0 Å². The van der Waals surface area contributed by atoms with Gasteiger partial charge in [-0.1, -0.05) is 6.92 Å². The number of nitrogens with one attached hydrogen (secondary N) is 1. The van der Waals surface area contributed by atoms with Crippen molar-refractivity contribution in [3.8, 4) is 0 Å². The van der Waals surface area contributed by atoms with Crippen molar-refractivity contribution in [1.29, 1.82) is 0 Å². The molecule has 1 aliphatic rings. The van der Waals surface area contributed by atoms with Gasteiger partial charge < -0.3 is 14.8 Å². The van der Waals surface area contributed by atoms with E-state index in [1.807, 2.05) is 0 Å². The Hall–Kier alpha value is -0.120. The number of hydrogen-bond acceptors (Lipinski definition) is 3. The minimum absolute atomic E-state index is 0.365. The van der Waals surface area contributed by atoms with Crippen LogP contribution in [0.1, 0.15) is 52.9 Å². The van der Waals surface area contributed by atoms with Crippen molar-refractivity contribution in [2.24, 2.45) is 0 Å². The Morgan fingerprint density at radius 2 is 2.18 bits per heavy atom. The summed E-state index contributed by atoms with van der Waals surface area (Å²) in [6, 6.07) is 0.666. The van der Waals surface area contributed by atoms with E-state index in [1.54, 1.807) is 0 Å². The quantitative estimate of drug-likeness (QED) is 0.665. The molecule has 0 aliphatic carbocycles. The molecule has 0 spiro atoms. The Morgan fingerprint density at radius 3 is 2.88 bits per heavy atom. The van der Waals surface area contributed by atoms with Crippen LogP contribution in [0.25, 0.3) is 0 Å². The molecule has 2 atom stereocenters. The second-order valence-electron chi connectivity index (χ2n) is 5.20. The summed E-state index contributed by atoms with van der Waals surface area (Å²) < 4.78 is 11.2. The summed E-state index contributed by atoms with van der Waals surface area (Å²) >= 11 is 0. The van der Waals surface area contributed by atoms with Crippen LogP contribution in [0.4, 0.5) is 0 Å². The van der Waals surface area contributed by atoms with Gasteiger partial charge in [0.05, 0.1) is 12.2 Å². The molecule has 1 N–H and O–H groups in total. The smallest absolute Gasteiger partial charge is 0.0587 e. The van der Waals surface area contributed by atoms with Crippen LogP contribution in [0.15, 0.2) is 0 Å². The van der Waals surface area contributed by atoms with Gasteiger partial charge >= 0.3 is 0 Å². The fourth-order valence-corrected chi connectivity index (χ4v) is 2.20. The maximum absolute atomic E-state index is 5.67. The van der Waals surface area contributed by atoms with Crippen molar-refractivity contribution in [2.45, 2.75) is 71.1 Å². The van der Waals surface area contributed by atoms with Gasteiger partial charge in [-0.25, -0.2) is 0 Å². The summed E-state index contributed by atoms with van der Waals surface area (Å²) in [7, 11) is 0. The van der Waals surface area contributed by atoms with Crippen LogP contribution in [0.3, 0.4) is 0 Å². The summed E-state index contributed by atoms with van der Waals surface area (Å²) in [6.07, 6.45) is 6.69. The first kappa shape index (κ1) is 14.9. The molecule has 0 radical (unpaired) electrons. The molecule has 1 heterocycles. The number of ether oxygens (including phenoxy) is 2. The molecule has 0 bridgehead atoms. The summed E-state index contributed by atoms with van der Waals surface area (Å²) in [5.41, 5.74) is 0. The Morgan fingerprint density at radius 1 is 1.35 bits per heavy atom. The van der Waals surface area contributed by atoms with Crippen LogP contribution in [-0.4, -0.2) is 38.0 Å². The molecular formula is C14H29NO2. The molecule has 0 saturated carbocycles. The number of rotatable bonds is 8. The summed E-state index contributed by atoms with van der Waals surface area (Å²) in [6.45, 7) is 9.31. The van der Waals surface area contributed by atoms with E-state index in [2.05, 4.69) is 26.1 Å². The topological polar surface area (TPSA) is 30.5 Å². The highest BCUT2D eigenvalue weighted by Crippen LogP contribution is 2.16. The van der Waals surface area contributed by atoms with Crippen LogP contribution in [0.2, 0.25) is 0 Å². The second-order valence-corrected chi connectivity index (χ2v) is 5.20. The van der Waals surface area contributed by atoms with Gasteiger partial charge in [0, 0.05) is 19.3 Å². The van der Waals surface area contributed by atoms with Crippen molar-refractivity contribution < 1.29 is 9.47 Å². The van der Waals surface area contributed by atoms with E-state index in [4.69, 9.17) is 9.47 Å². The molecule has 0 aromatic carbocycles. The summed E-state index contributed by atoms with van der Waals surface area (Å²) in [5, 5.41) is 3.64. The van der Waals surface area contributed by atoms with E-state index >= 15 is 0 Å². The lowest BCUT2D eigenvalue weighted by molar-refractivity contribution is -0.000170. The van der Waals surface area contributed by atoms with Gasteiger partial charge in [-0.3, -0.25) is 0 Å². The maximum atomic E-state index is 5.67. The Kier molecular flexibility index (Phi) is 7.82. The first-order valence-corrected chi connectivity index (χ1v) is 7.19. The normalized spacial score (nSPS) is 25.4. The van der Waals surface area contributed by atoms with E-state index in [0.29, 0.717) is 18.2 Å². The van der Waals surface area contributed by atoms with E-state index in [0.717, 1.165) is 32.6 Å². The van der Waals surface area contributed by atoms with Crippen LogP contribution in [0, 0.1) is 0 Å². The standard InChI is InChI=1S/C14H29NO2/c1-4-14-11-13(7-10-17-14)15-8-5-6-9-16-12(2)3/h12-15H,4-11H2,1-3H3. The average Bonchev–Trinajstić information content (AvgIpc) is 2.33. The predicted octanol–water partition coefficient (Wildman–Crippen LogP) is 2.74. The van der Waals surface area contributed by atoms with Gasteiger partial charge in [0.15, 0.2) is 0 Å². The van der Waals surface area contributed by atoms with Gasteiger partial charge in [-0.05, 0) is 52.5 Å². The van der Waals surface area contributed by atoms with Crippen molar-refractivity contribution >= 4 is 0 Å². The molecule has 0 aromatic heterocycles. The van der Waals surface area contributed by atoms with Crippen LogP contribution in [-0.2, 0) is 9.47 Å². The number of unbranched alkanes of at least 4 members (excludes halogenated alkanes) is 1. The maximum Gasteiger partial charge on any atom is 0.0587 e.